The van der Waals surface area contributed by atoms with Crippen molar-refractivity contribution in [3.05, 3.63) is 78.1 Å². The summed E-state index contributed by atoms with van der Waals surface area (Å²) in [5.41, 5.74) is 6.15. The van der Waals surface area contributed by atoms with Crippen LogP contribution in [0.1, 0.15) is 53.4 Å². The van der Waals surface area contributed by atoms with Gasteiger partial charge in [0.25, 0.3) is 0 Å². The molecule has 2 aliphatic rings. The Morgan fingerprint density at radius 1 is 0.583 bits per heavy atom. The van der Waals surface area contributed by atoms with Crippen LogP contribution in [0.4, 0.5) is 17.1 Å². The van der Waals surface area contributed by atoms with Crippen LogP contribution in [0.2, 0.25) is 0 Å². The SMILES string of the molecule is [C-]#[N+]c1cc2c3cc4ccc(N5CCC(C(C)C)CC5)cc4cc3oc2c2oc3cc4cc(N5CCC(C(C)C)CC5)ccc4cc3c12. The molecular formula is C43H43N3O2. The number of hydrogen-bond donors (Lipinski definition) is 0. The van der Waals surface area contributed by atoms with Gasteiger partial charge in [0, 0.05) is 59.1 Å². The first-order chi connectivity index (χ1) is 23.3. The summed E-state index contributed by atoms with van der Waals surface area (Å²) in [6.07, 6.45) is 5.00. The van der Waals surface area contributed by atoms with Crippen molar-refractivity contribution in [1.82, 2.24) is 0 Å². The van der Waals surface area contributed by atoms with Crippen LogP contribution in [0.3, 0.4) is 0 Å². The van der Waals surface area contributed by atoms with Crippen LogP contribution in [0.5, 0.6) is 0 Å². The minimum absolute atomic E-state index is 0.600. The smallest absolute Gasteiger partial charge is 0.199 e. The molecule has 0 unspecified atom stereocenters. The lowest BCUT2D eigenvalue weighted by Gasteiger charge is -2.35. The first kappa shape index (κ1) is 29.4. The second-order valence-corrected chi connectivity index (χ2v) is 15.2. The fraction of sp³-hybridized carbons (Fsp3) is 0.372. The zero-order chi connectivity index (χ0) is 32.7. The Morgan fingerprint density at radius 2 is 1.08 bits per heavy atom. The van der Waals surface area contributed by atoms with Crippen LogP contribution in [0, 0.1) is 30.2 Å². The van der Waals surface area contributed by atoms with Crippen molar-refractivity contribution in [1.29, 1.82) is 0 Å². The standard InChI is InChI=1S/C43H43N3O2/c1-25(2)27-10-14-45(15-11-27)33-8-6-29-20-35-36-24-38(44-5)41-37-21-30-7-9-34(46-16-12-28(13-17-46)26(3)4)19-32(30)23-40(37)48-43(41)42(36)47-39(35)22-31(29)18-33/h6-9,18-28H,10-17H2,1-4H3. The third-order valence-electron chi connectivity index (χ3n) is 11.9. The Morgan fingerprint density at radius 3 is 1.60 bits per heavy atom. The van der Waals surface area contributed by atoms with Gasteiger partial charge in [0.1, 0.15) is 11.2 Å². The molecule has 0 spiro atoms. The summed E-state index contributed by atoms with van der Waals surface area (Å²) < 4.78 is 13.3. The number of benzene rings is 5. The molecule has 0 amide bonds. The second-order valence-electron chi connectivity index (χ2n) is 15.2. The Balaban J connectivity index is 1.12. The molecule has 9 rings (SSSR count). The fourth-order valence-electron chi connectivity index (χ4n) is 8.74. The van der Waals surface area contributed by atoms with Gasteiger partial charge in [-0.2, -0.15) is 0 Å². The number of furan rings is 2. The van der Waals surface area contributed by atoms with E-state index in [-0.39, 0.29) is 0 Å². The number of anilines is 2. The lowest BCUT2D eigenvalue weighted by Crippen LogP contribution is -2.35. The van der Waals surface area contributed by atoms with E-state index in [1.165, 1.54) is 47.8 Å². The quantitative estimate of drug-likeness (QED) is 0.181. The molecule has 5 heteroatoms. The largest absolute Gasteiger partial charge is 0.453 e. The topological polar surface area (TPSA) is 37.1 Å². The van der Waals surface area contributed by atoms with E-state index in [2.05, 4.69) is 103 Å². The molecule has 2 fully saturated rings. The van der Waals surface area contributed by atoms with Gasteiger partial charge in [-0.1, -0.05) is 39.8 Å². The fourth-order valence-corrected chi connectivity index (χ4v) is 8.74. The molecule has 2 aliphatic heterocycles. The predicted octanol–water partition coefficient (Wildman–Crippen LogP) is 12.1. The van der Waals surface area contributed by atoms with Gasteiger partial charge in [0.05, 0.1) is 6.57 Å². The molecular weight excluding hydrogens is 590 g/mol. The minimum atomic E-state index is 0.600. The molecule has 4 heterocycles. The maximum absolute atomic E-state index is 8.15. The van der Waals surface area contributed by atoms with Crippen molar-refractivity contribution in [3.63, 3.8) is 0 Å². The second kappa shape index (κ2) is 11.2. The van der Waals surface area contributed by atoms with Gasteiger partial charge >= 0.3 is 0 Å². The highest BCUT2D eigenvalue weighted by molar-refractivity contribution is 6.25. The molecule has 2 aromatic heterocycles. The van der Waals surface area contributed by atoms with Crippen LogP contribution >= 0.6 is 0 Å². The van der Waals surface area contributed by atoms with Gasteiger partial charge < -0.3 is 18.6 Å². The van der Waals surface area contributed by atoms with E-state index in [0.717, 1.165) is 93.3 Å². The lowest BCUT2D eigenvalue weighted by atomic mass is 9.86. The highest BCUT2D eigenvalue weighted by Crippen LogP contribution is 2.46. The molecule has 0 N–H and O–H groups in total. The zero-order valence-electron chi connectivity index (χ0n) is 28.5. The van der Waals surface area contributed by atoms with Crippen molar-refractivity contribution in [2.24, 2.45) is 23.7 Å². The van der Waals surface area contributed by atoms with Crippen molar-refractivity contribution < 1.29 is 8.83 Å². The number of rotatable bonds is 4. The summed E-state index contributed by atoms with van der Waals surface area (Å²) in [5, 5.41) is 8.42. The van der Waals surface area contributed by atoms with Crippen LogP contribution in [-0.2, 0) is 0 Å². The number of fused-ring (bicyclic) bond motifs is 9. The summed E-state index contributed by atoms with van der Waals surface area (Å²) in [7, 11) is 0. The minimum Gasteiger partial charge on any atom is -0.453 e. The van der Waals surface area contributed by atoms with E-state index >= 15 is 0 Å². The third kappa shape index (κ3) is 4.72. The van der Waals surface area contributed by atoms with Crippen molar-refractivity contribution in [2.45, 2.75) is 53.4 Å². The predicted molar refractivity (Wildman–Crippen MR) is 202 cm³/mol. The van der Waals surface area contributed by atoms with E-state index in [4.69, 9.17) is 15.4 Å². The Labute approximate surface area is 281 Å². The maximum Gasteiger partial charge on any atom is 0.199 e. The van der Waals surface area contributed by atoms with Crippen LogP contribution in [0.15, 0.2) is 75.6 Å². The molecule has 242 valence electrons. The maximum atomic E-state index is 8.15. The molecule has 0 saturated carbocycles. The molecule has 0 radical (unpaired) electrons. The highest BCUT2D eigenvalue weighted by Gasteiger charge is 2.25. The molecule has 0 atom stereocenters. The molecule has 0 bridgehead atoms. The Hall–Kier alpha value is -4.69. The molecule has 2 saturated heterocycles. The monoisotopic (exact) mass is 633 g/mol. The summed E-state index contributed by atoms with van der Waals surface area (Å²) in [4.78, 5) is 9.07. The summed E-state index contributed by atoms with van der Waals surface area (Å²) in [6, 6.07) is 24.3. The van der Waals surface area contributed by atoms with E-state index in [9.17, 15) is 0 Å². The molecule has 0 aliphatic carbocycles. The molecule has 48 heavy (non-hydrogen) atoms. The van der Waals surface area contributed by atoms with Crippen molar-refractivity contribution in [3.8, 4) is 0 Å². The van der Waals surface area contributed by atoms with E-state index in [1.807, 2.05) is 6.07 Å². The first-order valence-electron chi connectivity index (χ1n) is 17.9. The number of hydrogen-bond acceptors (Lipinski definition) is 4. The van der Waals surface area contributed by atoms with E-state index < -0.39 is 0 Å². The van der Waals surface area contributed by atoms with Gasteiger partial charge in [-0.3, -0.25) is 0 Å². The summed E-state index contributed by atoms with van der Waals surface area (Å²) >= 11 is 0. The van der Waals surface area contributed by atoms with Gasteiger partial charge in [-0.15, -0.1) is 0 Å². The normalized spacial score (nSPS) is 17.0. The average molecular weight is 634 g/mol. The van der Waals surface area contributed by atoms with Crippen LogP contribution in [-0.4, -0.2) is 26.2 Å². The van der Waals surface area contributed by atoms with E-state index in [0.29, 0.717) is 16.9 Å². The zero-order valence-corrected chi connectivity index (χ0v) is 28.5. The number of nitrogens with zero attached hydrogens (tertiary/aromatic N) is 3. The average Bonchev–Trinajstić information content (AvgIpc) is 3.66. The van der Waals surface area contributed by atoms with Gasteiger partial charge in [-0.25, -0.2) is 4.85 Å². The third-order valence-corrected chi connectivity index (χ3v) is 11.9. The number of piperidine rings is 2. The summed E-state index contributed by atoms with van der Waals surface area (Å²) in [5.74, 6) is 3.14. The van der Waals surface area contributed by atoms with Gasteiger partial charge in [-0.05, 0) is 125 Å². The van der Waals surface area contributed by atoms with Crippen LogP contribution in [0.25, 0.3) is 70.3 Å². The van der Waals surface area contributed by atoms with Gasteiger partial charge in [0.2, 0.25) is 0 Å². The first-order valence-corrected chi connectivity index (χ1v) is 17.9. The Bertz CT molecular complexity index is 2410. The molecule has 7 aromatic rings. The molecule has 5 aromatic carbocycles. The van der Waals surface area contributed by atoms with E-state index in [1.54, 1.807) is 0 Å². The van der Waals surface area contributed by atoms with Crippen molar-refractivity contribution >= 4 is 82.5 Å². The molecule has 5 nitrogen and oxygen atoms in total. The Kier molecular flexibility index (Phi) is 6.87. The summed E-state index contributed by atoms with van der Waals surface area (Å²) in [6.45, 7) is 22.0. The van der Waals surface area contributed by atoms with Gasteiger partial charge in [0.15, 0.2) is 16.9 Å². The van der Waals surface area contributed by atoms with Crippen molar-refractivity contribution in [2.75, 3.05) is 36.0 Å². The lowest BCUT2D eigenvalue weighted by molar-refractivity contribution is 0.311. The highest BCUT2D eigenvalue weighted by atomic mass is 16.4. The van der Waals surface area contributed by atoms with Crippen LogP contribution < -0.4 is 9.80 Å².